The largest absolute Gasteiger partial charge is 0.496 e. The molecule has 8 rings (SSSR count). The van der Waals surface area contributed by atoms with Gasteiger partial charge in [0.05, 0.1) is 62.3 Å². The van der Waals surface area contributed by atoms with Crippen LogP contribution in [0.25, 0.3) is 22.5 Å². The minimum Gasteiger partial charge on any atom is -0.496 e. The minimum absolute atomic E-state index is 0.0289. The van der Waals surface area contributed by atoms with Crippen LogP contribution in [-0.2, 0) is 32.3 Å². The zero-order valence-corrected chi connectivity index (χ0v) is 49.2. The van der Waals surface area contributed by atoms with Crippen LogP contribution in [0.2, 0.25) is 0 Å². The molecule has 6 aromatic rings. The Morgan fingerprint density at radius 1 is 0.554 bits per heavy atom. The topological polar surface area (TPSA) is 223 Å². The molecule has 0 saturated heterocycles. The number of amides is 3. The Labute approximate surface area is 488 Å². The smallest absolute Gasteiger partial charge is 0.325 e. The fourth-order valence-corrected chi connectivity index (χ4v) is 11.0. The first-order valence-corrected chi connectivity index (χ1v) is 29.2. The Kier molecular flexibility index (Phi) is 23.6. The lowest BCUT2D eigenvalue weighted by Gasteiger charge is -2.25. The Hall–Kier alpha value is -8.15. The Morgan fingerprint density at radius 2 is 0.964 bits per heavy atom. The van der Waals surface area contributed by atoms with Crippen LogP contribution in [0.15, 0.2) is 109 Å². The van der Waals surface area contributed by atoms with Gasteiger partial charge in [0, 0.05) is 18.5 Å². The van der Waals surface area contributed by atoms with Crippen molar-refractivity contribution < 1.29 is 52.8 Å². The van der Waals surface area contributed by atoms with Gasteiger partial charge in [-0.05, 0) is 97.9 Å². The second-order valence-corrected chi connectivity index (χ2v) is 22.3. The molecular formula is C65H83N7O11. The van der Waals surface area contributed by atoms with Crippen molar-refractivity contribution in [3.05, 3.63) is 132 Å². The Balaban J connectivity index is 0.000000240. The van der Waals surface area contributed by atoms with Crippen LogP contribution in [0.1, 0.15) is 162 Å². The summed E-state index contributed by atoms with van der Waals surface area (Å²) in [5.41, 5.74) is 5.59. The van der Waals surface area contributed by atoms with Gasteiger partial charge in [-0.15, -0.1) is 0 Å². The molecule has 0 bridgehead atoms. The molecule has 0 unspecified atom stereocenters. The lowest BCUT2D eigenvalue weighted by Crippen LogP contribution is -2.41. The van der Waals surface area contributed by atoms with Crippen LogP contribution in [-0.4, -0.2) is 94.3 Å². The predicted molar refractivity (Wildman–Crippen MR) is 318 cm³/mol. The number of benzene rings is 4. The van der Waals surface area contributed by atoms with Crippen LogP contribution in [0.3, 0.4) is 0 Å². The van der Waals surface area contributed by atoms with Crippen LogP contribution >= 0.6 is 0 Å². The van der Waals surface area contributed by atoms with Gasteiger partial charge in [0.2, 0.25) is 5.91 Å². The van der Waals surface area contributed by atoms with E-state index < -0.39 is 24.0 Å². The molecular weight excluding hydrogens is 1050 g/mol. The number of carboxylic acid groups (broad SMARTS) is 1. The molecule has 2 aromatic heterocycles. The summed E-state index contributed by atoms with van der Waals surface area (Å²) in [6.45, 7) is 8.62. The van der Waals surface area contributed by atoms with Gasteiger partial charge in [-0.1, -0.05) is 139 Å². The van der Waals surface area contributed by atoms with Crippen molar-refractivity contribution in [1.29, 1.82) is 0 Å². The predicted octanol–water partition coefficient (Wildman–Crippen LogP) is 11.7. The van der Waals surface area contributed by atoms with Crippen LogP contribution in [0, 0.1) is 11.8 Å². The molecule has 4 N–H and O–H groups in total. The number of carbonyl (C=O) groups excluding carboxylic acids is 4. The molecule has 4 aromatic carbocycles. The molecule has 0 aliphatic heterocycles. The van der Waals surface area contributed by atoms with E-state index in [9.17, 15) is 29.1 Å². The highest BCUT2D eigenvalue weighted by Gasteiger charge is 2.30. The molecule has 18 heteroatoms. The average molecular weight is 1140 g/mol. The van der Waals surface area contributed by atoms with E-state index in [0.717, 1.165) is 85.0 Å². The van der Waals surface area contributed by atoms with E-state index >= 15 is 0 Å². The third-order valence-corrected chi connectivity index (χ3v) is 14.9. The first-order chi connectivity index (χ1) is 40.1. The molecule has 444 valence electrons. The molecule has 2 saturated carbocycles. The molecule has 2 heterocycles. The molecule has 2 aliphatic carbocycles. The number of hydrogen-bond acceptors (Lipinski definition) is 12. The molecule has 0 spiro atoms. The van der Waals surface area contributed by atoms with Crippen molar-refractivity contribution in [1.82, 2.24) is 35.5 Å². The maximum Gasteiger partial charge on any atom is 0.325 e. The zero-order valence-electron chi connectivity index (χ0n) is 49.2. The van der Waals surface area contributed by atoms with E-state index in [4.69, 9.17) is 29.1 Å². The number of aromatic nitrogens is 4. The second kappa shape index (κ2) is 31.3. The van der Waals surface area contributed by atoms with Crippen LogP contribution in [0.4, 0.5) is 0 Å². The van der Waals surface area contributed by atoms with Gasteiger partial charge in [-0.2, -0.15) is 10.2 Å². The normalized spacial score (nSPS) is 14.4. The highest BCUT2D eigenvalue weighted by Crippen LogP contribution is 2.44. The Bertz CT molecular complexity index is 3050. The number of ether oxygens (including phenoxy) is 5. The zero-order chi connectivity index (χ0) is 59.3. The van der Waals surface area contributed by atoms with Crippen molar-refractivity contribution in [2.75, 3.05) is 27.9 Å². The number of nitrogens with one attached hydrogen (secondary N) is 3. The summed E-state index contributed by atoms with van der Waals surface area (Å²) < 4.78 is 32.7. The lowest BCUT2D eigenvalue weighted by molar-refractivity contribution is -0.141. The van der Waals surface area contributed by atoms with E-state index in [1.165, 1.54) is 20.0 Å². The van der Waals surface area contributed by atoms with E-state index in [2.05, 4.69) is 20.7 Å². The van der Waals surface area contributed by atoms with Gasteiger partial charge in [-0.3, -0.25) is 33.3 Å². The number of methoxy groups -OCH3 is 3. The summed E-state index contributed by atoms with van der Waals surface area (Å²) in [4.78, 5) is 62.6. The van der Waals surface area contributed by atoms with Crippen LogP contribution < -0.4 is 34.9 Å². The summed E-state index contributed by atoms with van der Waals surface area (Å²) in [5, 5.41) is 27.5. The fraction of sp³-hybridized carbons (Fsp3) is 0.462. The van der Waals surface area contributed by atoms with Crippen molar-refractivity contribution in [3.63, 3.8) is 0 Å². The highest BCUT2D eigenvalue weighted by atomic mass is 16.5. The Morgan fingerprint density at radius 3 is 1.35 bits per heavy atom. The lowest BCUT2D eigenvalue weighted by atomic mass is 9.95. The molecule has 0 radical (unpaired) electrons. The van der Waals surface area contributed by atoms with E-state index in [-0.39, 0.29) is 72.4 Å². The standard InChI is InChI=1S/C34H44N4O6.C31H39N3O5/c1-23(2)18-25(19-31(39)35-21-32(40)43-4)36-34(41)27-20-28(38(37-27)26-14-9-6-10-15-26)33-29(42-3)16-11-17-30(33)44-22-24-12-7-5-8-13-24;1-21(2)17-23(18-29(35)36)32-31(37)25-19-26(34(33-25)24-13-8-5-9-14-24)30-27(38-3)15-10-16-28(30)39-20-22-11-6-4-7-12-22/h5,7-8,11-13,16-17,20,23,25-26H,6,9-10,14-15,18-19,21-22H2,1-4H3,(H,35,39)(H,36,41);4,6-7,10-12,15-16,19,21,23-24H,5,8-9,13-14,17-18,20H2,1-3H3,(H,32,37)(H,35,36)/t25-;23-/m00/s1. The number of hydrogen-bond donors (Lipinski definition) is 4. The summed E-state index contributed by atoms with van der Waals surface area (Å²) in [6, 6.07) is 34.2. The van der Waals surface area contributed by atoms with Gasteiger partial charge < -0.3 is 44.7 Å². The molecule has 2 aliphatic rings. The van der Waals surface area contributed by atoms with Gasteiger partial charge in [0.25, 0.3) is 11.8 Å². The van der Waals surface area contributed by atoms with Crippen LogP contribution in [0.5, 0.6) is 23.0 Å². The summed E-state index contributed by atoms with van der Waals surface area (Å²) >= 11 is 0. The number of esters is 1. The number of aliphatic carboxylic acids is 1. The maximum atomic E-state index is 13.7. The fourth-order valence-electron chi connectivity index (χ4n) is 11.0. The van der Waals surface area contributed by atoms with E-state index in [1.54, 1.807) is 26.4 Å². The third kappa shape index (κ3) is 18.2. The number of carbonyl (C=O) groups is 5. The third-order valence-electron chi connectivity index (χ3n) is 14.9. The molecule has 2 fully saturated rings. The van der Waals surface area contributed by atoms with Crippen molar-refractivity contribution in [3.8, 4) is 45.5 Å². The quantitative estimate of drug-likeness (QED) is 0.0372. The van der Waals surface area contributed by atoms with Crippen molar-refractivity contribution in [2.24, 2.45) is 11.8 Å². The summed E-state index contributed by atoms with van der Waals surface area (Å²) in [6.07, 6.45) is 11.7. The first-order valence-electron chi connectivity index (χ1n) is 29.2. The SMILES string of the molecule is COC(=O)CNC(=O)C[C@H](CC(C)C)NC(=O)c1cc(-c2c(OC)cccc2OCc2ccccc2)n(C2CCCCC2)n1.COc1cccc(OCc2ccccc2)c1-c1cc(C(=O)N[C@H](CC(=O)O)CC(C)C)nn1C1CCCCC1. The maximum absolute atomic E-state index is 13.7. The second-order valence-electron chi connectivity index (χ2n) is 22.3. The van der Waals surface area contributed by atoms with E-state index in [1.807, 2.05) is 134 Å². The molecule has 2 atom stereocenters. The summed E-state index contributed by atoms with van der Waals surface area (Å²) in [5.74, 6) is 0.438. The van der Waals surface area contributed by atoms with Gasteiger partial charge >= 0.3 is 11.9 Å². The molecule has 83 heavy (non-hydrogen) atoms. The average Bonchev–Trinajstić information content (AvgIpc) is 3.96. The van der Waals surface area contributed by atoms with Gasteiger partial charge in [0.15, 0.2) is 11.4 Å². The number of rotatable bonds is 26. The highest BCUT2D eigenvalue weighted by molar-refractivity contribution is 5.95. The number of nitrogens with zero attached hydrogens (tertiary/aromatic N) is 4. The van der Waals surface area contributed by atoms with Gasteiger partial charge in [0.1, 0.15) is 42.8 Å². The monoisotopic (exact) mass is 1140 g/mol. The number of carboxylic acids is 1. The van der Waals surface area contributed by atoms with E-state index in [0.29, 0.717) is 49.1 Å². The van der Waals surface area contributed by atoms with Crippen molar-refractivity contribution >= 4 is 29.7 Å². The minimum atomic E-state index is -0.941. The molecule has 3 amide bonds. The van der Waals surface area contributed by atoms with Gasteiger partial charge in [-0.25, -0.2) is 0 Å². The summed E-state index contributed by atoms with van der Waals surface area (Å²) in [7, 11) is 4.51. The first kappa shape index (κ1) is 62.5. The van der Waals surface area contributed by atoms with Crippen molar-refractivity contribution in [2.45, 2.75) is 155 Å². The molecule has 18 nitrogen and oxygen atoms in total.